The van der Waals surface area contributed by atoms with Crippen molar-refractivity contribution in [2.24, 2.45) is 0 Å². The maximum Gasteiger partial charge on any atom is 0.356 e. The lowest BCUT2D eigenvalue weighted by Gasteiger charge is -2.06. The highest BCUT2D eigenvalue weighted by atomic mass is 16.4. The van der Waals surface area contributed by atoms with Crippen molar-refractivity contribution in [1.29, 1.82) is 0 Å². The van der Waals surface area contributed by atoms with Crippen molar-refractivity contribution < 1.29 is 9.90 Å². The zero-order valence-electron chi connectivity index (χ0n) is 9.16. The Kier molecular flexibility index (Phi) is 2.68. The highest BCUT2D eigenvalue weighted by Crippen LogP contribution is 2.24. The Morgan fingerprint density at radius 3 is 2.50 bits per heavy atom. The first-order chi connectivity index (χ1) is 8.49. The minimum atomic E-state index is -1.22. The van der Waals surface area contributed by atoms with Crippen molar-refractivity contribution in [3.63, 3.8) is 0 Å². The van der Waals surface area contributed by atoms with Crippen LogP contribution in [0.1, 0.15) is 10.5 Å². The average molecular weight is 246 g/mol. The van der Waals surface area contributed by atoms with E-state index in [0.29, 0.717) is 11.3 Å². The van der Waals surface area contributed by atoms with E-state index in [4.69, 9.17) is 22.3 Å². The molecule has 0 bridgehead atoms. The van der Waals surface area contributed by atoms with Gasteiger partial charge in [0.2, 0.25) is 5.95 Å². The number of aromatic carboxylic acids is 1. The van der Waals surface area contributed by atoms with Crippen LogP contribution in [0, 0.1) is 0 Å². The number of carbonyl (C=O) groups is 1. The van der Waals surface area contributed by atoms with Gasteiger partial charge in [-0.1, -0.05) is 0 Å². The second-order valence-corrected chi connectivity index (χ2v) is 3.47. The van der Waals surface area contributed by atoms with Gasteiger partial charge in [0, 0.05) is 6.20 Å². The molecule has 0 fully saturated rings. The van der Waals surface area contributed by atoms with Crippen LogP contribution in [0.4, 0.5) is 17.5 Å². The highest BCUT2D eigenvalue weighted by Gasteiger charge is 2.13. The minimum absolute atomic E-state index is 0.0325. The number of carboxylic acids is 1. The molecular weight excluding hydrogens is 236 g/mol. The van der Waals surface area contributed by atoms with E-state index in [2.05, 4.69) is 15.0 Å². The van der Waals surface area contributed by atoms with Gasteiger partial charge in [0.25, 0.3) is 0 Å². The molecule has 7 N–H and O–H groups in total. The van der Waals surface area contributed by atoms with Crippen LogP contribution in [0.15, 0.2) is 18.3 Å². The van der Waals surface area contributed by atoms with E-state index in [1.807, 2.05) is 0 Å². The molecule has 0 saturated carbocycles. The summed E-state index contributed by atoms with van der Waals surface area (Å²) < 4.78 is 0. The first kappa shape index (κ1) is 11.6. The first-order valence-corrected chi connectivity index (χ1v) is 4.87. The number of nitrogen functional groups attached to an aromatic ring is 3. The average Bonchev–Trinajstić information content (AvgIpc) is 2.30. The molecule has 8 nitrogen and oxygen atoms in total. The first-order valence-electron chi connectivity index (χ1n) is 4.87. The molecule has 0 amide bonds. The SMILES string of the molecule is Nc1ncc(-c2ccc(N)c(C(=O)O)n2)c(N)n1. The maximum absolute atomic E-state index is 10.9. The highest BCUT2D eigenvalue weighted by molar-refractivity contribution is 5.92. The molecular formula is C10H10N6O2. The molecule has 18 heavy (non-hydrogen) atoms. The predicted molar refractivity (Wildman–Crippen MR) is 65.5 cm³/mol. The van der Waals surface area contributed by atoms with E-state index in [9.17, 15) is 4.79 Å². The van der Waals surface area contributed by atoms with E-state index in [0.717, 1.165) is 0 Å². The van der Waals surface area contributed by atoms with Gasteiger partial charge in [-0.05, 0) is 12.1 Å². The molecule has 0 aromatic carbocycles. The standard InChI is InChI=1S/C10H10N6O2/c11-5-1-2-6(15-7(5)9(17)18)4-3-14-10(13)16-8(4)12/h1-3H,11H2,(H,17,18)(H4,12,13,14,16). The van der Waals surface area contributed by atoms with Crippen LogP contribution in [0.5, 0.6) is 0 Å². The zero-order valence-corrected chi connectivity index (χ0v) is 9.16. The van der Waals surface area contributed by atoms with E-state index >= 15 is 0 Å². The molecule has 0 aliphatic carbocycles. The number of rotatable bonds is 2. The number of nitrogens with zero attached hydrogens (tertiary/aromatic N) is 3. The number of aromatic nitrogens is 3. The Morgan fingerprint density at radius 2 is 1.89 bits per heavy atom. The van der Waals surface area contributed by atoms with Gasteiger partial charge in [0.05, 0.1) is 16.9 Å². The molecule has 0 radical (unpaired) electrons. The predicted octanol–water partition coefficient (Wildman–Crippen LogP) is -0.0166. The topological polar surface area (TPSA) is 154 Å². The van der Waals surface area contributed by atoms with Crippen LogP contribution in [-0.4, -0.2) is 26.0 Å². The molecule has 2 rings (SSSR count). The van der Waals surface area contributed by atoms with Gasteiger partial charge >= 0.3 is 5.97 Å². The van der Waals surface area contributed by atoms with E-state index in [1.165, 1.54) is 18.3 Å². The van der Waals surface area contributed by atoms with Crippen LogP contribution >= 0.6 is 0 Å². The molecule has 2 heterocycles. The van der Waals surface area contributed by atoms with Crippen molar-refractivity contribution in [2.45, 2.75) is 0 Å². The summed E-state index contributed by atoms with van der Waals surface area (Å²) >= 11 is 0. The molecule has 2 aromatic rings. The lowest BCUT2D eigenvalue weighted by Crippen LogP contribution is -2.07. The number of hydrogen-bond acceptors (Lipinski definition) is 7. The Bertz CT molecular complexity index is 628. The number of anilines is 3. The van der Waals surface area contributed by atoms with Crippen molar-refractivity contribution >= 4 is 23.4 Å². The Labute approximate surface area is 101 Å². The van der Waals surface area contributed by atoms with Crippen molar-refractivity contribution in [3.05, 3.63) is 24.0 Å². The summed E-state index contributed by atoms with van der Waals surface area (Å²) in [6.07, 6.45) is 1.38. The third-order valence-electron chi connectivity index (χ3n) is 2.24. The second kappa shape index (κ2) is 4.17. The lowest BCUT2D eigenvalue weighted by molar-refractivity contribution is 0.0692. The van der Waals surface area contributed by atoms with Gasteiger partial charge in [0.15, 0.2) is 5.69 Å². The van der Waals surface area contributed by atoms with Gasteiger partial charge in [-0.3, -0.25) is 0 Å². The maximum atomic E-state index is 10.9. The Hall–Kier alpha value is -2.90. The molecule has 2 aromatic heterocycles. The van der Waals surface area contributed by atoms with Crippen molar-refractivity contribution in [2.75, 3.05) is 17.2 Å². The molecule has 0 saturated heterocycles. The monoisotopic (exact) mass is 246 g/mol. The van der Waals surface area contributed by atoms with Crippen molar-refractivity contribution in [3.8, 4) is 11.3 Å². The van der Waals surface area contributed by atoms with Crippen molar-refractivity contribution in [1.82, 2.24) is 15.0 Å². The normalized spacial score (nSPS) is 10.2. The fraction of sp³-hybridized carbons (Fsp3) is 0. The van der Waals surface area contributed by atoms with E-state index in [1.54, 1.807) is 0 Å². The summed E-state index contributed by atoms with van der Waals surface area (Å²) in [6.45, 7) is 0. The Morgan fingerprint density at radius 1 is 1.17 bits per heavy atom. The summed E-state index contributed by atoms with van der Waals surface area (Å²) in [5.41, 5.74) is 17.1. The number of hydrogen-bond donors (Lipinski definition) is 4. The lowest BCUT2D eigenvalue weighted by atomic mass is 10.1. The smallest absolute Gasteiger partial charge is 0.356 e. The van der Waals surface area contributed by atoms with Crippen LogP contribution in [0.3, 0.4) is 0 Å². The number of nitrogens with two attached hydrogens (primary N) is 3. The van der Waals surface area contributed by atoms with Crippen LogP contribution in [0.25, 0.3) is 11.3 Å². The fourth-order valence-electron chi connectivity index (χ4n) is 1.40. The molecule has 0 unspecified atom stereocenters. The fourth-order valence-corrected chi connectivity index (χ4v) is 1.40. The summed E-state index contributed by atoms with van der Waals surface area (Å²) in [6, 6.07) is 2.97. The summed E-state index contributed by atoms with van der Waals surface area (Å²) in [5.74, 6) is -1.06. The molecule has 0 atom stereocenters. The molecule has 92 valence electrons. The van der Waals surface area contributed by atoms with E-state index < -0.39 is 5.97 Å². The summed E-state index contributed by atoms with van der Waals surface area (Å²) in [5, 5.41) is 8.93. The van der Waals surface area contributed by atoms with E-state index in [-0.39, 0.29) is 23.1 Å². The largest absolute Gasteiger partial charge is 0.476 e. The van der Waals surface area contributed by atoms with Crippen LogP contribution in [-0.2, 0) is 0 Å². The van der Waals surface area contributed by atoms with Gasteiger partial charge in [-0.2, -0.15) is 4.98 Å². The van der Waals surface area contributed by atoms with Gasteiger partial charge in [-0.25, -0.2) is 14.8 Å². The molecule has 8 heteroatoms. The van der Waals surface area contributed by atoms with Crippen LogP contribution < -0.4 is 17.2 Å². The van der Waals surface area contributed by atoms with Gasteiger partial charge < -0.3 is 22.3 Å². The molecule has 0 spiro atoms. The molecule has 0 aliphatic rings. The quantitative estimate of drug-likeness (QED) is 0.576. The van der Waals surface area contributed by atoms with Crippen LogP contribution in [0.2, 0.25) is 0 Å². The number of carboxylic acid groups (broad SMARTS) is 1. The third kappa shape index (κ3) is 1.98. The van der Waals surface area contributed by atoms with Gasteiger partial charge in [0.1, 0.15) is 5.82 Å². The Balaban J connectivity index is 2.58. The third-order valence-corrected chi connectivity index (χ3v) is 2.24. The second-order valence-electron chi connectivity index (χ2n) is 3.47. The molecule has 0 aliphatic heterocycles. The summed E-state index contributed by atoms with van der Waals surface area (Å²) in [7, 11) is 0. The minimum Gasteiger partial charge on any atom is -0.476 e. The number of pyridine rings is 1. The summed E-state index contributed by atoms with van der Waals surface area (Å²) in [4.78, 5) is 22.4. The van der Waals surface area contributed by atoms with Gasteiger partial charge in [-0.15, -0.1) is 0 Å². The zero-order chi connectivity index (χ0) is 13.3.